The van der Waals surface area contributed by atoms with Gasteiger partial charge in [0.25, 0.3) is 0 Å². The van der Waals surface area contributed by atoms with Crippen LogP contribution in [0.1, 0.15) is 36.1 Å². The summed E-state index contributed by atoms with van der Waals surface area (Å²) in [4.78, 5) is 13.9. The molecule has 4 aromatic rings. The van der Waals surface area contributed by atoms with Crippen molar-refractivity contribution >= 4 is 5.95 Å². The van der Waals surface area contributed by atoms with E-state index in [1.54, 1.807) is 0 Å². The fourth-order valence-electron chi connectivity index (χ4n) is 4.90. The molecule has 0 bridgehead atoms. The summed E-state index contributed by atoms with van der Waals surface area (Å²) in [5.74, 6) is 0.296. The predicted octanol–water partition coefficient (Wildman–Crippen LogP) is 4.89. The fourth-order valence-corrected chi connectivity index (χ4v) is 4.90. The van der Waals surface area contributed by atoms with E-state index >= 15 is 0 Å². The minimum absolute atomic E-state index is 0.159. The summed E-state index contributed by atoms with van der Waals surface area (Å²) in [6.07, 6.45) is 6.90. The normalized spacial score (nSPS) is 16.0. The van der Waals surface area contributed by atoms with Gasteiger partial charge in [-0.15, -0.1) is 0 Å². The third kappa shape index (κ3) is 3.09. The van der Waals surface area contributed by atoms with Crippen LogP contribution in [-0.4, -0.2) is 15.0 Å². The van der Waals surface area contributed by atoms with Crippen molar-refractivity contribution in [2.75, 3.05) is 5.73 Å². The lowest BCUT2D eigenvalue weighted by Gasteiger charge is -2.38. The number of nitrogens with zero attached hydrogens (tertiary/aromatic N) is 3. The van der Waals surface area contributed by atoms with Crippen LogP contribution in [0.4, 0.5) is 5.95 Å². The third-order valence-corrected chi connectivity index (χ3v) is 6.93. The van der Waals surface area contributed by atoms with Crippen LogP contribution in [-0.2, 0) is 18.4 Å². The van der Waals surface area contributed by atoms with Gasteiger partial charge in [0.05, 0.1) is 17.1 Å². The van der Waals surface area contributed by atoms with Crippen molar-refractivity contribution < 1.29 is 0 Å². The molecule has 0 atom stereocenters. The van der Waals surface area contributed by atoms with Gasteiger partial charge in [-0.2, -0.15) is 0 Å². The summed E-state index contributed by atoms with van der Waals surface area (Å²) >= 11 is 0. The number of rotatable bonds is 3. The lowest BCUT2D eigenvalue weighted by atomic mass is 9.72. The van der Waals surface area contributed by atoms with Gasteiger partial charge in [-0.3, -0.25) is 4.98 Å². The molecular weight excluding hydrogens is 394 g/mol. The topological polar surface area (TPSA) is 90.7 Å². The monoisotopic (exact) mass is 419 g/mol. The average Bonchev–Trinajstić information content (AvgIpc) is 2.82. The average molecular weight is 420 g/mol. The molecule has 158 valence electrons. The SMILES string of the molecule is Nc1ncc2c(n1)-c1cc(-c3ccccc3)c(-c3ccc(C4(N)CCC4)cc3)nc1CC2. The van der Waals surface area contributed by atoms with E-state index in [1.807, 2.05) is 12.3 Å². The van der Waals surface area contributed by atoms with Crippen LogP contribution in [0.5, 0.6) is 0 Å². The molecule has 2 heterocycles. The Morgan fingerprint density at radius 2 is 1.56 bits per heavy atom. The van der Waals surface area contributed by atoms with Crippen molar-refractivity contribution in [3.05, 3.63) is 83.7 Å². The summed E-state index contributed by atoms with van der Waals surface area (Å²) in [6, 6.07) is 21.3. The van der Waals surface area contributed by atoms with Gasteiger partial charge in [0.1, 0.15) is 0 Å². The van der Waals surface area contributed by atoms with Crippen LogP contribution < -0.4 is 11.5 Å². The maximum atomic E-state index is 6.54. The minimum atomic E-state index is -0.159. The Balaban J connectivity index is 1.52. The van der Waals surface area contributed by atoms with Gasteiger partial charge in [-0.1, -0.05) is 54.6 Å². The lowest BCUT2D eigenvalue weighted by molar-refractivity contribution is 0.253. The Morgan fingerprint density at radius 1 is 0.781 bits per heavy atom. The zero-order chi connectivity index (χ0) is 21.7. The molecule has 5 nitrogen and oxygen atoms in total. The van der Waals surface area contributed by atoms with Gasteiger partial charge in [-0.25, -0.2) is 9.97 Å². The summed E-state index contributed by atoms with van der Waals surface area (Å²) in [5.41, 5.74) is 22.0. The van der Waals surface area contributed by atoms with Gasteiger partial charge in [-0.05, 0) is 54.9 Å². The largest absolute Gasteiger partial charge is 0.368 e. The smallest absolute Gasteiger partial charge is 0.220 e. The van der Waals surface area contributed by atoms with E-state index in [0.29, 0.717) is 5.95 Å². The van der Waals surface area contributed by atoms with E-state index in [2.05, 4.69) is 64.6 Å². The van der Waals surface area contributed by atoms with Crippen LogP contribution in [0.3, 0.4) is 0 Å². The number of pyridine rings is 1. The molecular formula is C27H25N5. The van der Waals surface area contributed by atoms with Crippen molar-refractivity contribution in [1.82, 2.24) is 15.0 Å². The number of nitrogens with two attached hydrogens (primary N) is 2. The summed E-state index contributed by atoms with van der Waals surface area (Å²) in [7, 11) is 0. The van der Waals surface area contributed by atoms with Crippen molar-refractivity contribution in [1.29, 1.82) is 0 Å². The number of aromatic nitrogens is 3. The lowest BCUT2D eigenvalue weighted by Crippen LogP contribution is -2.43. The number of hydrogen-bond acceptors (Lipinski definition) is 5. The highest BCUT2D eigenvalue weighted by atomic mass is 15.0. The number of aryl methyl sites for hydroxylation is 2. The molecule has 4 N–H and O–H groups in total. The first-order valence-corrected chi connectivity index (χ1v) is 11.2. The molecule has 0 unspecified atom stereocenters. The summed E-state index contributed by atoms with van der Waals surface area (Å²) in [6.45, 7) is 0. The second-order valence-electron chi connectivity index (χ2n) is 8.93. The number of benzene rings is 2. The zero-order valence-electron chi connectivity index (χ0n) is 17.9. The Hall–Kier alpha value is -3.57. The van der Waals surface area contributed by atoms with Crippen LogP contribution >= 0.6 is 0 Å². The van der Waals surface area contributed by atoms with Gasteiger partial charge >= 0.3 is 0 Å². The van der Waals surface area contributed by atoms with E-state index in [-0.39, 0.29) is 5.54 Å². The van der Waals surface area contributed by atoms with E-state index in [0.717, 1.165) is 70.6 Å². The van der Waals surface area contributed by atoms with Gasteiger partial charge < -0.3 is 11.5 Å². The first kappa shape index (κ1) is 19.1. The Bertz CT molecular complexity index is 1310. The highest BCUT2D eigenvalue weighted by molar-refractivity contribution is 5.86. The summed E-state index contributed by atoms with van der Waals surface area (Å²) in [5, 5.41) is 0. The van der Waals surface area contributed by atoms with Crippen molar-refractivity contribution in [3.8, 4) is 33.6 Å². The molecule has 0 amide bonds. The number of anilines is 1. The number of hydrogen-bond donors (Lipinski definition) is 2. The van der Waals surface area contributed by atoms with Crippen molar-refractivity contribution in [2.24, 2.45) is 5.73 Å². The molecule has 0 saturated heterocycles. The molecule has 32 heavy (non-hydrogen) atoms. The Kier molecular flexibility index (Phi) is 4.33. The molecule has 2 aliphatic carbocycles. The Labute approximate surface area is 187 Å². The molecule has 0 spiro atoms. The highest BCUT2D eigenvalue weighted by Gasteiger charge is 2.34. The van der Waals surface area contributed by atoms with Crippen LogP contribution in [0, 0.1) is 0 Å². The second-order valence-corrected chi connectivity index (χ2v) is 8.93. The van der Waals surface area contributed by atoms with Crippen LogP contribution in [0.2, 0.25) is 0 Å². The molecule has 2 aromatic carbocycles. The summed E-state index contributed by atoms with van der Waals surface area (Å²) < 4.78 is 0. The maximum Gasteiger partial charge on any atom is 0.220 e. The van der Waals surface area contributed by atoms with E-state index in [1.165, 1.54) is 12.0 Å². The standard InChI is InChI=1S/C27H25N5/c28-26-30-16-19-9-12-23-22(25(19)32-26)15-21(17-5-2-1-3-6-17)24(31-23)18-7-10-20(11-8-18)27(29)13-4-14-27/h1-3,5-8,10-11,15-16H,4,9,12-14,29H2,(H2,28,30,32). The first-order chi connectivity index (χ1) is 15.6. The van der Waals surface area contributed by atoms with Crippen LogP contribution in [0.25, 0.3) is 33.6 Å². The van der Waals surface area contributed by atoms with Crippen molar-refractivity contribution in [3.63, 3.8) is 0 Å². The fraction of sp³-hybridized carbons (Fsp3) is 0.222. The predicted molar refractivity (Wildman–Crippen MR) is 128 cm³/mol. The van der Waals surface area contributed by atoms with Crippen LogP contribution in [0.15, 0.2) is 66.9 Å². The van der Waals surface area contributed by atoms with E-state index in [4.69, 9.17) is 16.5 Å². The maximum absolute atomic E-state index is 6.54. The zero-order valence-corrected chi connectivity index (χ0v) is 17.9. The molecule has 5 heteroatoms. The molecule has 0 radical (unpaired) electrons. The van der Waals surface area contributed by atoms with Gasteiger partial charge in [0.15, 0.2) is 0 Å². The first-order valence-electron chi connectivity index (χ1n) is 11.2. The minimum Gasteiger partial charge on any atom is -0.368 e. The number of nitrogen functional groups attached to an aromatic ring is 1. The molecule has 1 fully saturated rings. The number of fused-ring (bicyclic) bond motifs is 3. The molecule has 2 aliphatic rings. The molecule has 1 saturated carbocycles. The molecule has 6 rings (SSSR count). The second kappa shape index (κ2) is 7.24. The highest BCUT2D eigenvalue weighted by Crippen LogP contribution is 2.41. The van der Waals surface area contributed by atoms with Gasteiger partial charge in [0.2, 0.25) is 5.95 Å². The third-order valence-electron chi connectivity index (χ3n) is 6.93. The quantitative estimate of drug-likeness (QED) is 0.493. The Morgan fingerprint density at radius 3 is 2.28 bits per heavy atom. The van der Waals surface area contributed by atoms with E-state index < -0.39 is 0 Å². The van der Waals surface area contributed by atoms with Crippen molar-refractivity contribution in [2.45, 2.75) is 37.6 Å². The van der Waals surface area contributed by atoms with Gasteiger partial charge in [0, 0.05) is 28.4 Å². The molecule has 2 aromatic heterocycles. The van der Waals surface area contributed by atoms with E-state index in [9.17, 15) is 0 Å². The molecule has 0 aliphatic heterocycles.